The Morgan fingerprint density at radius 3 is 2.86 bits per heavy atom. The quantitative estimate of drug-likeness (QED) is 0.829. The fourth-order valence-electron chi connectivity index (χ4n) is 2.52. The number of sulfonamides is 1. The summed E-state index contributed by atoms with van der Waals surface area (Å²) in [5, 5.41) is 3.23. The molecule has 0 bridgehead atoms. The van der Waals surface area contributed by atoms with Crippen LogP contribution >= 0.6 is 0 Å². The van der Waals surface area contributed by atoms with E-state index in [1.807, 2.05) is 20.8 Å². The molecule has 124 valence electrons. The SMILES string of the molecule is CCCCS(=O)(=O)N1CCC(CNc2ncc(C)c(C)n2)C1. The average Bonchev–Trinajstić information content (AvgIpc) is 2.96. The predicted octanol–water partition coefficient (Wildman–Crippen LogP) is 1.96. The lowest BCUT2D eigenvalue weighted by atomic mass is 10.1. The zero-order chi connectivity index (χ0) is 16.2. The summed E-state index contributed by atoms with van der Waals surface area (Å²) >= 11 is 0. The van der Waals surface area contributed by atoms with Crippen molar-refractivity contribution in [2.24, 2.45) is 5.92 Å². The van der Waals surface area contributed by atoms with Crippen LogP contribution in [-0.4, -0.2) is 48.1 Å². The number of rotatable bonds is 7. The van der Waals surface area contributed by atoms with Gasteiger partial charge in [-0.05, 0) is 38.2 Å². The molecule has 1 N–H and O–H groups in total. The molecule has 0 aliphatic carbocycles. The van der Waals surface area contributed by atoms with Crippen molar-refractivity contribution in [1.82, 2.24) is 14.3 Å². The number of nitrogens with zero attached hydrogens (tertiary/aromatic N) is 3. The van der Waals surface area contributed by atoms with Crippen molar-refractivity contribution < 1.29 is 8.42 Å². The molecule has 2 rings (SSSR count). The summed E-state index contributed by atoms with van der Waals surface area (Å²) in [7, 11) is -3.08. The molecular formula is C15H26N4O2S. The highest BCUT2D eigenvalue weighted by atomic mass is 32.2. The molecular weight excluding hydrogens is 300 g/mol. The van der Waals surface area contributed by atoms with Crippen LogP contribution in [0.3, 0.4) is 0 Å². The normalized spacial score (nSPS) is 19.5. The van der Waals surface area contributed by atoms with Crippen LogP contribution in [0.5, 0.6) is 0 Å². The smallest absolute Gasteiger partial charge is 0.222 e. The molecule has 1 aromatic heterocycles. The van der Waals surface area contributed by atoms with Crippen molar-refractivity contribution >= 4 is 16.0 Å². The lowest BCUT2D eigenvalue weighted by Crippen LogP contribution is -2.31. The van der Waals surface area contributed by atoms with E-state index in [0.717, 1.165) is 30.5 Å². The summed E-state index contributed by atoms with van der Waals surface area (Å²) in [6.07, 6.45) is 4.34. The number of unbranched alkanes of at least 4 members (excludes halogenated alkanes) is 1. The maximum absolute atomic E-state index is 12.2. The first-order valence-corrected chi connectivity index (χ1v) is 9.55. The maximum atomic E-state index is 12.2. The van der Waals surface area contributed by atoms with Crippen LogP contribution in [0.4, 0.5) is 5.95 Å². The van der Waals surface area contributed by atoms with E-state index in [0.29, 0.717) is 31.5 Å². The van der Waals surface area contributed by atoms with Gasteiger partial charge >= 0.3 is 0 Å². The van der Waals surface area contributed by atoms with Gasteiger partial charge in [-0.25, -0.2) is 22.7 Å². The van der Waals surface area contributed by atoms with E-state index in [4.69, 9.17) is 0 Å². The van der Waals surface area contributed by atoms with Crippen molar-refractivity contribution in [1.29, 1.82) is 0 Å². The van der Waals surface area contributed by atoms with Gasteiger partial charge in [0.15, 0.2) is 0 Å². The summed E-state index contributed by atoms with van der Waals surface area (Å²) in [5.74, 6) is 1.21. The molecule has 1 aliphatic heterocycles. The third-order valence-electron chi connectivity index (χ3n) is 4.17. The van der Waals surface area contributed by atoms with Gasteiger partial charge in [0.25, 0.3) is 0 Å². The van der Waals surface area contributed by atoms with Gasteiger partial charge in [-0.1, -0.05) is 13.3 Å². The van der Waals surface area contributed by atoms with Crippen molar-refractivity contribution in [3.05, 3.63) is 17.5 Å². The molecule has 6 nitrogen and oxygen atoms in total. The average molecular weight is 326 g/mol. The summed E-state index contributed by atoms with van der Waals surface area (Å²) in [6.45, 7) is 7.89. The fourth-order valence-corrected chi connectivity index (χ4v) is 4.25. The van der Waals surface area contributed by atoms with Crippen LogP contribution in [-0.2, 0) is 10.0 Å². The van der Waals surface area contributed by atoms with Crippen molar-refractivity contribution in [3.8, 4) is 0 Å². The van der Waals surface area contributed by atoms with Crippen LogP contribution < -0.4 is 5.32 Å². The molecule has 0 spiro atoms. The van der Waals surface area contributed by atoms with E-state index >= 15 is 0 Å². The van der Waals surface area contributed by atoms with E-state index in [2.05, 4.69) is 15.3 Å². The Balaban J connectivity index is 1.85. The lowest BCUT2D eigenvalue weighted by molar-refractivity contribution is 0.459. The van der Waals surface area contributed by atoms with Crippen molar-refractivity contribution in [3.63, 3.8) is 0 Å². The summed E-state index contributed by atoms with van der Waals surface area (Å²) in [6, 6.07) is 0. The molecule has 1 fully saturated rings. The zero-order valence-corrected chi connectivity index (χ0v) is 14.5. The fraction of sp³-hybridized carbons (Fsp3) is 0.733. The predicted molar refractivity (Wildman–Crippen MR) is 88.4 cm³/mol. The highest BCUT2D eigenvalue weighted by Gasteiger charge is 2.30. The second-order valence-corrected chi connectivity index (χ2v) is 8.11. The molecule has 7 heteroatoms. The first kappa shape index (κ1) is 17.1. The first-order valence-electron chi connectivity index (χ1n) is 7.94. The minimum absolute atomic E-state index is 0.268. The molecule has 1 unspecified atom stereocenters. The molecule has 1 aliphatic rings. The van der Waals surface area contributed by atoms with Gasteiger partial charge in [0.05, 0.1) is 5.75 Å². The first-order chi connectivity index (χ1) is 10.4. The Hall–Kier alpha value is -1.21. The highest BCUT2D eigenvalue weighted by Crippen LogP contribution is 2.20. The van der Waals surface area contributed by atoms with E-state index < -0.39 is 10.0 Å². The molecule has 0 radical (unpaired) electrons. The summed E-state index contributed by atoms with van der Waals surface area (Å²) < 4.78 is 26.0. The molecule has 22 heavy (non-hydrogen) atoms. The van der Waals surface area contributed by atoms with Gasteiger partial charge in [-0.2, -0.15) is 0 Å². The zero-order valence-electron chi connectivity index (χ0n) is 13.7. The Labute approximate surface area is 133 Å². The number of hydrogen-bond acceptors (Lipinski definition) is 5. The van der Waals surface area contributed by atoms with Gasteiger partial charge in [0, 0.05) is 31.5 Å². The van der Waals surface area contributed by atoms with Crippen LogP contribution in [0.25, 0.3) is 0 Å². The van der Waals surface area contributed by atoms with Crippen LogP contribution in [0.1, 0.15) is 37.4 Å². The van der Waals surface area contributed by atoms with Crippen molar-refractivity contribution in [2.75, 3.05) is 30.7 Å². The minimum atomic E-state index is -3.08. The topological polar surface area (TPSA) is 75.2 Å². The van der Waals surface area contributed by atoms with Crippen molar-refractivity contribution in [2.45, 2.75) is 40.0 Å². The minimum Gasteiger partial charge on any atom is -0.354 e. The number of aromatic nitrogens is 2. The van der Waals surface area contributed by atoms with Gasteiger partial charge in [0.2, 0.25) is 16.0 Å². The van der Waals surface area contributed by atoms with Crippen LogP contribution in [0, 0.1) is 19.8 Å². The van der Waals surface area contributed by atoms with E-state index in [9.17, 15) is 8.42 Å². The number of aryl methyl sites for hydroxylation is 2. The molecule has 1 aromatic rings. The lowest BCUT2D eigenvalue weighted by Gasteiger charge is -2.16. The number of hydrogen-bond donors (Lipinski definition) is 1. The monoisotopic (exact) mass is 326 g/mol. The third kappa shape index (κ3) is 4.39. The van der Waals surface area contributed by atoms with Gasteiger partial charge in [-0.15, -0.1) is 0 Å². The van der Waals surface area contributed by atoms with Crippen LogP contribution in [0.2, 0.25) is 0 Å². The Morgan fingerprint density at radius 2 is 2.18 bits per heavy atom. The van der Waals surface area contributed by atoms with Gasteiger partial charge in [0.1, 0.15) is 0 Å². The van der Waals surface area contributed by atoms with Gasteiger partial charge in [-0.3, -0.25) is 0 Å². The highest BCUT2D eigenvalue weighted by molar-refractivity contribution is 7.89. The molecule has 0 aromatic carbocycles. The van der Waals surface area contributed by atoms with E-state index in [1.165, 1.54) is 0 Å². The van der Waals surface area contributed by atoms with E-state index in [1.54, 1.807) is 10.5 Å². The maximum Gasteiger partial charge on any atom is 0.222 e. The third-order valence-corrected chi connectivity index (χ3v) is 6.09. The molecule has 0 amide bonds. The van der Waals surface area contributed by atoms with Gasteiger partial charge < -0.3 is 5.32 Å². The second kappa shape index (κ2) is 7.37. The second-order valence-electron chi connectivity index (χ2n) is 6.03. The Bertz CT molecular complexity index is 604. The molecule has 1 saturated heterocycles. The standard InChI is InChI=1S/C15H26N4O2S/c1-4-5-8-22(20,21)19-7-6-14(11-19)10-17-15-16-9-12(2)13(3)18-15/h9,14H,4-8,10-11H2,1-3H3,(H,16,17,18). The molecule has 1 atom stereocenters. The molecule has 0 saturated carbocycles. The Morgan fingerprint density at radius 1 is 1.41 bits per heavy atom. The number of nitrogens with one attached hydrogen (secondary N) is 1. The number of anilines is 1. The largest absolute Gasteiger partial charge is 0.354 e. The Kier molecular flexibility index (Phi) is 5.74. The van der Waals surface area contributed by atoms with Crippen LogP contribution in [0.15, 0.2) is 6.20 Å². The van der Waals surface area contributed by atoms with E-state index in [-0.39, 0.29) is 5.75 Å². The summed E-state index contributed by atoms with van der Waals surface area (Å²) in [4.78, 5) is 8.64. The molecule has 2 heterocycles. The summed E-state index contributed by atoms with van der Waals surface area (Å²) in [5.41, 5.74) is 2.03.